The normalized spacial score (nSPS) is 10.2. The molecular formula is C7H9IN2O. The highest BCUT2D eigenvalue weighted by Crippen LogP contribution is 2.15. The molecule has 0 aliphatic carbocycles. The fourth-order valence-corrected chi connectivity index (χ4v) is 1.64. The zero-order valence-corrected chi connectivity index (χ0v) is 8.84. The minimum absolute atomic E-state index is 0.0260. The summed E-state index contributed by atoms with van der Waals surface area (Å²) in [5.74, 6) is 0.0260. The summed E-state index contributed by atoms with van der Waals surface area (Å²) < 4.78 is 2.68. The highest BCUT2D eigenvalue weighted by molar-refractivity contribution is 14.1. The predicted octanol–water partition coefficient (Wildman–Crippen LogP) is 1.54. The summed E-state index contributed by atoms with van der Waals surface area (Å²) in [5.41, 5.74) is 1.61. The Hall–Kier alpha value is -0.390. The van der Waals surface area contributed by atoms with Crippen LogP contribution in [0.5, 0.6) is 0 Å². The van der Waals surface area contributed by atoms with Crippen molar-refractivity contribution in [3.05, 3.63) is 15.0 Å². The number of rotatable bonds is 1. The lowest BCUT2D eigenvalue weighted by molar-refractivity contribution is 0.101. The molecule has 0 bridgehead atoms. The van der Waals surface area contributed by atoms with E-state index in [9.17, 15) is 4.79 Å². The van der Waals surface area contributed by atoms with Gasteiger partial charge in [0.15, 0.2) is 5.78 Å². The molecule has 0 N–H and O–H groups in total. The van der Waals surface area contributed by atoms with Gasteiger partial charge in [0.05, 0.1) is 3.57 Å². The molecule has 1 rings (SSSR count). The lowest BCUT2D eigenvalue weighted by atomic mass is 10.3. The Bertz CT molecular complexity index is 304. The number of carbonyl (C=O) groups is 1. The van der Waals surface area contributed by atoms with Crippen molar-refractivity contribution in [2.24, 2.45) is 7.05 Å². The first-order valence-corrected chi connectivity index (χ1v) is 4.32. The van der Waals surface area contributed by atoms with Crippen LogP contribution in [0, 0.1) is 10.5 Å². The molecule has 0 atom stereocenters. The van der Waals surface area contributed by atoms with Crippen molar-refractivity contribution >= 4 is 28.4 Å². The van der Waals surface area contributed by atoms with Crippen LogP contribution in [0.4, 0.5) is 0 Å². The third-order valence-corrected chi connectivity index (χ3v) is 2.89. The average molecular weight is 264 g/mol. The Morgan fingerprint density at radius 1 is 1.64 bits per heavy atom. The first kappa shape index (κ1) is 8.70. The first-order chi connectivity index (χ1) is 5.04. The Morgan fingerprint density at radius 3 is 2.36 bits per heavy atom. The number of aryl methyl sites for hydroxylation is 1. The van der Waals surface area contributed by atoms with Crippen LogP contribution in [0.15, 0.2) is 0 Å². The van der Waals surface area contributed by atoms with Gasteiger partial charge >= 0.3 is 0 Å². The van der Waals surface area contributed by atoms with E-state index >= 15 is 0 Å². The van der Waals surface area contributed by atoms with E-state index in [-0.39, 0.29) is 5.78 Å². The minimum atomic E-state index is 0.0260. The molecule has 0 unspecified atom stereocenters. The van der Waals surface area contributed by atoms with Gasteiger partial charge in [-0.25, -0.2) is 0 Å². The standard InChI is InChI=1S/C7H9IN2O/c1-4-6(8)7(5(2)11)9-10(4)3/h1-3H3. The zero-order valence-electron chi connectivity index (χ0n) is 6.68. The molecule has 1 aromatic rings. The monoisotopic (exact) mass is 264 g/mol. The van der Waals surface area contributed by atoms with Crippen LogP contribution in [-0.2, 0) is 7.05 Å². The van der Waals surface area contributed by atoms with Gasteiger partial charge in [0, 0.05) is 19.7 Å². The van der Waals surface area contributed by atoms with Crippen LogP contribution in [0.1, 0.15) is 23.1 Å². The average Bonchev–Trinajstić information content (AvgIpc) is 2.17. The Labute approximate surface area is 78.9 Å². The van der Waals surface area contributed by atoms with E-state index in [1.165, 1.54) is 6.92 Å². The number of carbonyl (C=O) groups excluding carboxylic acids is 1. The van der Waals surface area contributed by atoms with Gasteiger partial charge in [-0.05, 0) is 29.5 Å². The molecule has 0 fully saturated rings. The van der Waals surface area contributed by atoms with Gasteiger partial charge in [-0.15, -0.1) is 0 Å². The van der Waals surface area contributed by atoms with Crippen LogP contribution in [-0.4, -0.2) is 15.6 Å². The second-order valence-corrected chi connectivity index (χ2v) is 3.51. The number of hydrogen-bond donors (Lipinski definition) is 0. The molecule has 0 aromatic carbocycles. The minimum Gasteiger partial charge on any atom is -0.293 e. The predicted molar refractivity (Wildman–Crippen MR) is 50.7 cm³/mol. The van der Waals surface area contributed by atoms with Crippen molar-refractivity contribution in [1.82, 2.24) is 9.78 Å². The van der Waals surface area contributed by atoms with E-state index in [1.807, 2.05) is 14.0 Å². The molecule has 1 heterocycles. The van der Waals surface area contributed by atoms with Crippen LogP contribution >= 0.6 is 22.6 Å². The van der Waals surface area contributed by atoms with Crippen LogP contribution in [0.2, 0.25) is 0 Å². The van der Waals surface area contributed by atoms with Crippen molar-refractivity contribution in [2.45, 2.75) is 13.8 Å². The fraction of sp³-hybridized carbons (Fsp3) is 0.429. The molecule has 0 saturated heterocycles. The van der Waals surface area contributed by atoms with E-state index in [1.54, 1.807) is 4.68 Å². The molecule has 0 aliphatic heterocycles. The zero-order chi connectivity index (χ0) is 8.59. The smallest absolute Gasteiger partial charge is 0.181 e. The molecule has 4 heteroatoms. The number of hydrogen-bond acceptors (Lipinski definition) is 2. The van der Waals surface area contributed by atoms with Crippen molar-refractivity contribution in [1.29, 1.82) is 0 Å². The molecule has 1 aromatic heterocycles. The summed E-state index contributed by atoms with van der Waals surface area (Å²) in [6, 6.07) is 0. The molecule has 0 saturated carbocycles. The molecule has 0 radical (unpaired) electrons. The van der Waals surface area contributed by atoms with Crippen molar-refractivity contribution < 1.29 is 4.79 Å². The molecule has 0 spiro atoms. The van der Waals surface area contributed by atoms with Gasteiger partial charge in [0.25, 0.3) is 0 Å². The van der Waals surface area contributed by atoms with Crippen LogP contribution < -0.4 is 0 Å². The second kappa shape index (κ2) is 2.92. The Morgan fingerprint density at radius 2 is 2.18 bits per heavy atom. The molecule has 0 amide bonds. The number of ketones is 1. The van der Waals surface area contributed by atoms with Crippen molar-refractivity contribution in [3.8, 4) is 0 Å². The lowest BCUT2D eigenvalue weighted by Crippen LogP contribution is -1.97. The SMILES string of the molecule is CC(=O)c1nn(C)c(C)c1I. The third kappa shape index (κ3) is 1.45. The fourth-order valence-electron chi connectivity index (χ4n) is 0.807. The van der Waals surface area contributed by atoms with Crippen molar-refractivity contribution in [3.63, 3.8) is 0 Å². The van der Waals surface area contributed by atoms with Gasteiger partial charge in [-0.1, -0.05) is 0 Å². The lowest BCUT2D eigenvalue weighted by Gasteiger charge is -1.89. The summed E-state index contributed by atoms with van der Waals surface area (Å²) in [4.78, 5) is 11.0. The number of nitrogens with zero attached hydrogens (tertiary/aromatic N) is 2. The summed E-state index contributed by atoms with van der Waals surface area (Å²) in [7, 11) is 1.84. The number of aromatic nitrogens is 2. The van der Waals surface area contributed by atoms with Crippen molar-refractivity contribution in [2.75, 3.05) is 0 Å². The van der Waals surface area contributed by atoms with Gasteiger partial charge in [0.2, 0.25) is 0 Å². The molecular weight excluding hydrogens is 255 g/mol. The molecule has 3 nitrogen and oxygen atoms in total. The van der Waals surface area contributed by atoms with E-state index in [0.717, 1.165) is 9.26 Å². The quantitative estimate of drug-likeness (QED) is 0.569. The molecule has 0 aliphatic rings. The second-order valence-electron chi connectivity index (χ2n) is 2.43. The third-order valence-electron chi connectivity index (χ3n) is 1.59. The maximum atomic E-state index is 11.0. The van der Waals surface area contributed by atoms with Gasteiger partial charge in [-0.3, -0.25) is 9.48 Å². The van der Waals surface area contributed by atoms with Gasteiger partial charge < -0.3 is 0 Å². The van der Waals surface area contributed by atoms with Gasteiger partial charge in [0.1, 0.15) is 5.69 Å². The van der Waals surface area contributed by atoms with E-state index in [4.69, 9.17) is 0 Å². The largest absolute Gasteiger partial charge is 0.293 e. The Kier molecular flexibility index (Phi) is 2.31. The first-order valence-electron chi connectivity index (χ1n) is 3.24. The summed E-state index contributed by atoms with van der Waals surface area (Å²) >= 11 is 2.14. The molecule has 60 valence electrons. The summed E-state index contributed by atoms with van der Waals surface area (Å²) in [5, 5.41) is 4.07. The maximum absolute atomic E-state index is 11.0. The number of halogens is 1. The van der Waals surface area contributed by atoms with E-state index in [2.05, 4.69) is 27.7 Å². The summed E-state index contributed by atoms with van der Waals surface area (Å²) in [6.07, 6.45) is 0. The highest BCUT2D eigenvalue weighted by Gasteiger charge is 2.12. The summed E-state index contributed by atoms with van der Waals surface area (Å²) in [6.45, 7) is 3.48. The molecule has 11 heavy (non-hydrogen) atoms. The van der Waals surface area contributed by atoms with Crippen LogP contribution in [0.25, 0.3) is 0 Å². The van der Waals surface area contributed by atoms with E-state index < -0.39 is 0 Å². The van der Waals surface area contributed by atoms with Gasteiger partial charge in [-0.2, -0.15) is 5.10 Å². The van der Waals surface area contributed by atoms with Crippen LogP contribution in [0.3, 0.4) is 0 Å². The number of Topliss-reactive ketones (excluding diaryl/α,β-unsaturated/α-hetero) is 1. The topological polar surface area (TPSA) is 34.9 Å². The highest BCUT2D eigenvalue weighted by atomic mass is 127. The van der Waals surface area contributed by atoms with E-state index in [0.29, 0.717) is 5.69 Å². The maximum Gasteiger partial charge on any atom is 0.181 e. The Balaban J connectivity index is 3.29.